The summed E-state index contributed by atoms with van der Waals surface area (Å²) in [6, 6.07) is 0.620. The molecule has 1 heterocycles. The van der Waals surface area contributed by atoms with E-state index in [1.165, 1.54) is 6.42 Å². The summed E-state index contributed by atoms with van der Waals surface area (Å²) in [4.78, 5) is 2.24. The van der Waals surface area contributed by atoms with Gasteiger partial charge in [-0.2, -0.15) is 0 Å². The molecule has 0 N–H and O–H groups in total. The molecule has 2 heteroatoms. The highest BCUT2D eigenvalue weighted by molar-refractivity contribution is 4.82. The smallest absolute Gasteiger partial charge is 0.0706 e. The van der Waals surface area contributed by atoms with Crippen LogP contribution in [0.3, 0.4) is 0 Å². The molecule has 1 aliphatic heterocycles. The Morgan fingerprint density at radius 2 is 1.90 bits per heavy atom. The standard InChI is InChI=1S/C8H17NO/c1-6-5-8(9(3)4)7(2)10-6/h6-8H,5H2,1-4H3. The molecule has 0 aromatic carbocycles. The molecule has 60 valence electrons. The van der Waals surface area contributed by atoms with E-state index in [-0.39, 0.29) is 0 Å². The van der Waals surface area contributed by atoms with E-state index in [0.29, 0.717) is 18.2 Å². The van der Waals surface area contributed by atoms with Gasteiger partial charge in [0, 0.05) is 6.04 Å². The molecule has 0 aromatic heterocycles. The van der Waals surface area contributed by atoms with Gasteiger partial charge in [-0.3, -0.25) is 0 Å². The quantitative estimate of drug-likeness (QED) is 0.545. The van der Waals surface area contributed by atoms with Crippen molar-refractivity contribution < 1.29 is 4.74 Å². The Balaban J connectivity index is 2.46. The van der Waals surface area contributed by atoms with Crippen molar-refractivity contribution in [2.75, 3.05) is 14.1 Å². The van der Waals surface area contributed by atoms with Crippen LogP contribution >= 0.6 is 0 Å². The highest BCUT2D eigenvalue weighted by Crippen LogP contribution is 2.22. The normalized spacial score (nSPS) is 41.1. The summed E-state index contributed by atoms with van der Waals surface area (Å²) in [6.07, 6.45) is 2.03. The fourth-order valence-electron chi connectivity index (χ4n) is 1.68. The van der Waals surface area contributed by atoms with Crippen LogP contribution < -0.4 is 0 Å². The topological polar surface area (TPSA) is 12.5 Å². The van der Waals surface area contributed by atoms with Gasteiger partial charge in [0.2, 0.25) is 0 Å². The average molecular weight is 143 g/mol. The Morgan fingerprint density at radius 3 is 2.10 bits per heavy atom. The van der Waals surface area contributed by atoms with Crippen molar-refractivity contribution in [1.82, 2.24) is 4.90 Å². The minimum absolute atomic E-state index is 0.407. The van der Waals surface area contributed by atoms with Gasteiger partial charge in [-0.1, -0.05) is 0 Å². The predicted octanol–water partition coefficient (Wildman–Crippen LogP) is 1.11. The minimum Gasteiger partial charge on any atom is -0.374 e. The zero-order chi connectivity index (χ0) is 7.72. The van der Waals surface area contributed by atoms with Crippen molar-refractivity contribution in [2.45, 2.75) is 38.5 Å². The number of rotatable bonds is 1. The van der Waals surface area contributed by atoms with Crippen molar-refractivity contribution in [3.8, 4) is 0 Å². The summed E-state index contributed by atoms with van der Waals surface area (Å²) in [5.41, 5.74) is 0. The Kier molecular flexibility index (Phi) is 2.32. The van der Waals surface area contributed by atoms with E-state index >= 15 is 0 Å². The summed E-state index contributed by atoms with van der Waals surface area (Å²) in [6.45, 7) is 4.29. The minimum atomic E-state index is 0.407. The fraction of sp³-hybridized carbons (Fsp3) is 1.00. The van der Waals surface area contributed by atoms with Gasteiger partial charge in [-0.25, -0.2) is 0 Å². The third kappa shape index (κ3) is 1.50. The van der Waals surface area contributed by atoms with Crippen molar-refractivity contribution in [3.63, 3.8) is 0 Å². The van der Waals surface area contributed by atoms with E-state index in [1.54, 1.807) is 0 Å². The van der Waals surface area contributed by atoms with Crippen LogP contribution in [0.15, 0.2) is 0 Å². The molecule has 0 amide bonds. The third-order valence-corrected chi connectivity index (χ3v) is 2.23. The summed E-state index contributed by atoms with van der Waals surface area (Å²) < 4.78 is 5.59. The third-order valence-electron chi connectivity index (χ3n) is 2.23. The Morgan fingerprint density at radius 1 is 1.30 bits per heavy atom. The Labute approximate surface area is 63.2 Å². The maximum atomic E-state index is 5.59. The van der Waals surface area contributed by atoms with Crippen LogP contribution in [0.5, 0.6) is 0 Å². The van der Waals surface area contributed by atoms with E-state index in [0.717, 1.165) is 0 Å². The summed E-state index contributed by atoms with van der Waals surface area (Å²) in [5, 5.41) is 0. The van der Waals surface area contributed by atoms with Gasteiger partial charge in [0.05, 0.1) is 12.2 Å². The zero-order valence-corrected chi connectivity index (χ0v) is 7.29. The lowest BCUT2D eigenvalue weighted by Gasteiger charge is -2.21. The molecule has 2 nitrogen and oxygen atoms in total. The highest BCUT2D eigenvalue weighted by Gasteiger charge is 2.30. The number of likely N-dealkylation sites (N-methyl/N-ethyl adjacent to an activating group) is 1. The first-order chi connectivity index (χ1) is 4.61. The zero-order valence-electron chi connectivity index (χ0n) is 7.29. The lowest BCUT2D eigenvalue weighted by atomic mass is 10.1. The molecule has 3 atom stereocenters. The maximum absolute atomic E-state index is 5.59. The first kappa shape index (κ1) is 8.02. The average Bonchev–Trinajstić information content (AvgIpc) is 2.10. The first-order valence-electron chi connectivity index (χ1n) is 3.93. The van der Waals surface area contributed by atoms with E-state index in [1.807, 2.05) is 0 Å². The molecule has 1 saturated heterocycles. The lowest BCUT2D eigenvalue weighted by Crippen LogP contribution is -2.33. The van der Waals surface area contributed by atoms with Gasteiger partial charge in [-0.15, -0.1) is 0 Å². The molecule has 0 spiro atoms. The Hall–Kier alpha value is -0.0800. The number of ether oxygens (including phenoxy) is 1. The van der Waals surface area contributed by atoms with Gasteiger partial charge in [0.15, 0.2) is 0 Å². The maximum Gasteiger partial charge on any atom is 0.0706 e. The molecular weight excluding hydrogens is 126 g/mol. The second-order valence-corrected chi connectivity index (χ2v) is 3.42. The SMILES string of the molecule is CC1CC(N(C)C)C(C)O1. The summed E-state index contributed by atoms with van der Waals surface area (Å²) in [7, 11) is 4.23. The lowest BCUT2D eigenvalue weighted by molar-refractivity contribution is 0.0494. The molecule has 0 bridgehead atoms. The van der Waals surface area contributed by atoms with Crippen LogP contribution in [0.2, 0.25) is 0 Å². The number of hydrogen-bond donors (Lipinski definition) is 0. The molecule has 0 aromatic rings. The Bertz CT molecular complexity index is 114. The van der Waals surface area contributed by atoms with E-state index in [4.69, 9.17) is 4.74 Å². The van der Waals surface area contributed by atoms with Crippen LogP contribution in [0.1, 0.15) is 20.3 Å². The van der Waals surface area contributed by atoms with Crippen molar-refractivity contribution in [2.24, 2.45) is 0 Å². The van der Waals surface area contributed by atoms with Crippen LogP contribution in [-0.2, 0) is 4.74 Å². The van der Waals surface area contributed by atoms with Crippen molar-refractivity contribution in [3.05, 3.63) is 0 Å². The van der Waals surface area contributed by atoms with E-state index in [9.17, 15) is 0 Å². The molecule has 0 radical (unpaired) electrons. The van der Waals surface area contributed by atoms with Crippen LogP contribution in [0, 0.1) is 0 Å². The molecule has 0 saturated carbocycles. The second kappa shape index (κ2) is 2.89. The number of hydrogen-bond acceptors (Lipinski definition) is 2. The largest absolute Gasteiger partial charge is 0.374 e. The first-order valence-corrected chi connectivity index (χ1v) is 3.93. The second-order valence-electron chi connectivity index (χ2n) is 3.42. The van der Waals surface area contributed by atoms with Gasteiger partial charge in [-0.05, 0) is 34.4 Å². The predicted molar refractivity (Wildman–Crippen MR) is 42.1 cm³/mol. The van der Waals surface area contributed by atoms with Gasteiger partial charge in [0.1, 0.15) is 0 Å². The molecule has 1 rings (SSSR count). The van der Waals surface area contributed by atoms with Crippen molar-refractivity contribution >= 4 is 0 Å². The van der Waals surface area contributed by atoms with Gasteiger partial charge in [0.25, 0.3) is 0 Å². The molecule has 1 aliphatic rings. The number of nitrogens with zero attached hydrogens (tertiary/aromatic N) is 1. The fourth-order valence-corrected chi connectivity index (χ4v) is 1.68. The van der Waals surface area contributed by atoms with E-state index < -0.39 is 0 Å². The monoisotopic (exact) mass is 143 g/mol. The summed E-state index contributed by atoms with van der Waals surface area (Å²) >= 11 is 0. The molecule has 3 unspecified atom stereocenters. The van der Waals surface area contributed by atoms with Crippen LogP contribution in [-0.4, -0.2) is 37.2 Å². The van der Waals surface area contributed by atoms with Gasteiger partial charge >= 0.3 is 0 Å². The molecule has 10 heavy (non-hydrogen) atoms. The molecular formula is C8H17NO. The van der Waals surface area contributed by atoms with E-state index in [2.05, 4.69) is 32.8 Å². The van der Waals surface area contributed by atoms with Crippen molar-refractivity contribution in [1.29, 1.82) is 0 Å². The van der Waals surface area contributed by atoms with Gasteiger partial charge < -0.3 is 9.64 Å². The van der Waals surface area contributed by atoms with Crippen LogP contribution in [0.25, 0.3) is 0 Å². The molecule has 0 aliphatic carbocycles. The summed E-state index contributed by atoms with van der Waals surface area (Å²) in [5.74, 6) is 0. The molecule has 1 fully saturated rings. The highest BCUT2D eigenvalue weighted by atomic mass is 16.5. The van der Waals surface area contributed by atoms with Crippen LogP contribution in [0.4, 0.5) is 0 Å².